The van der Waals surface area contributed by atoms with E-state index in [0.29, 0.717) is 5.92 Å². The Balaban J connectivity index is 1.35. The van der Waals surface area contributed by atoms with Gasteiger partial charge in [0.25, 0.3) is 0 Å². The Morgan fingerprint density at radius 2 is 2.22 bits per heavy atom. The molecule has 27 heavy (non-hydrogen) atoms. The van der Waals surface area contributed by atoms with Crippen LogP contribution in [0.1, 0.15) is 49.8 Å². The van der Waals surface area contributed by atoms with Gasteiger partial charge in [0.1, 0.15) is 24.3 Å². The third-order valence-electron chi connectivity index (χ3n) is 6.15. The van der Waals surface area contributed by atoms with E-state index in [2.05, 4.69) is 38.1 Å². The number of aliphatic imine (C=N–C) groups is 1. The van der Waals surface area contributed by atoms with Gasteiger partial charge in [0.2, 0.25) is 0 Å². The van der Waals surface area contributed by atoms with Gasteiger partial charge in [-0.15, -0.1) is 10.2 Å². The summed E-state index contributed by atoms with van der Waals surface area (Å²) in [6, 6.07) is 0.0803. The molecule has 0 spiro atoms. The van der Waals surface area contributed by atoms with Crippen molar-refractivity contribution in [3.63, 3.8) is 0 Å². The molecule has 4 heterocycles. The molecule has 1 saturated heterocycles. The Labute approximate surface area is 156 Å². The van der Waals surface area contributed by atoms with Crippen LogP contribution in [0.3, 0.4) is 0 Å². The van der Waals surface area contributed by atoms with Crippen LogP contribution < -0.4 is 5.32 Å². The number of nitrogens with zero attached hydrogens (tertiary/aromatic N) is 5. The van der Waals surface area contributed by atoms with Gasteiger partial charge in [-0.3, -0.25) is 9.56 Å². The average molecular weight is 374 g/mol. The van der Waals surface area contributed by atoms with Crippen molar-refractivity contribution in [2.75, 3.05) is 13.1 Å². The Hall–Kier alpha value is -2.45. The maximum Gasteiger partial charge on any atom is 0.410 e. The second-order valence-corrected chi connectivity index (χ2v) is 7.78. The molecule has 2 fully saturated rings. The van der Waals surface area contributed by atoms with Crippen LogP contribution in [0.15, 0.2) is 17.3 Å². The number of fused-ring (bicyclic) bond motifs is 3. The van der Waals surface area contributed by atoms with E-state index in [4.69, 9.17) is 4.74 Å². The van der Waals surface area contributed by atoms with Crippen LogP contribution in [0.25, 0.3) is 0 Å². The van der Waals surface area contributed by atoms with Crippen molar-refractivity contribution in [3.8, 4) is 0 Å². The number of carbonyl (C=O) groups is 1. The zero-order chi connectivity index (χ0) is 18.5. The van der Waals surface area contributed by atoms with Gasteiger partial charge < -0.3 is 15.0 Å². The summed E-state index contributed by atoms with van der Waals surface area (Å²) in [5.74, 6) is 2.26. The zero-order valence-electron chi connectivity index (χ0n) is 15.2. The van der Waals surface area contributed by atoms with Gasteiger partial charge in [0, 0.05) is 5.92 Å². The highest BCUT2D eigenvalue weighted by Gasteiger charge is 2.43. The SMILES string of the molecule is CC[C@@H]1C[C@H](OC(=O)N2CC(F)C2)C[C@@H]1c1nnc2n1C1C=CNC1N=C2. The van der Waals surface area contributed by atoms with E-state index in [1.807, 2.05) is 6.20 Å². The van der Waals surface area contributed by atoms with Gasteiger partial charge in [-0.2, -0.15) is 0 Å². The lowest BCUT2D eigenvalue weighted by Gasteiger charge is -2.34. The second-order valence-electron chi connectivity index (χ2n) is 7.78. The number of likely N-dealkylation sites (tertiary alicyclic amines) is 1. The molecule has 1 aromatic rings. The van der Waals surface area contributed by atoms with Gasteiger partial charge in [0.05, 0.1) is 25.3 Å². The maximum absolute atomic E-state index is 13.0. The molecule has 3 aliphatic heterocycles. The highest BCUT2D eigenvalue weighted by Crippen LogP contribution is 2.44. The van der Waals surface area contributed by atoms with E-state index in [9.17, 15) is 9.18 Å². The van der Waals surface area contributed by atoms with Crippen LogP contribution in [0, 0.1) is 5.92 Å². The van der Waals surface area contributed by atoms with Crippen LogP contribution in [-0.4, -0.2) is 63.5 Å². The normalized spacial score (nSPS) is 34.1. The molecule has 1 aromatic heterocycles. The fraction of sp³-hybridized carbons (Fsp3) is 0.667. The molecule has 0 bridgehead atoms. The first kappa shape index (κ1) is 16.7. The summed E-state index contributed by atoms with van der Waals surface area (Å²) < 4.78 is 20.8. The number of hydrogen-bond acceptors (Lipinski definition) is 6. The maximum atomic E-state index is 13.0. The molecular formula is C18H23FN6O2. The van der Waals surface area contributed by atoms with Crippen LogP contribution in [0.2, 0.25) is 0 Å². The fourth-order valence-corrected chi connectivity index (χ4v) is 4.65. The molecule has 1 N–H and O–H groups in total. The molecule has 0 radical (unpaired) electrons. The quantitative estimate of drug-likeness (QED) is 0.871. The van der Waals surface area contributed by atoms with Crippen LogP contribution in [0.4, 0.5) is 9.18 Å². The largest absolute Gasteiger partial charge is 0.446 e. The molecular weight excluding hydrogens is 351 g/mol. The predicted octanol–water partition coefficient (Wildman–Crippen LogP) is 1.76. The number of alkyl halides is 1. The van der Waals surface area contributed by atoms with Crippen molar-refractivity contribution in [3.05, 3.63) is 23.9 Å². The summed E-state index contributed by atoms with van der Waals surface area (Å²) in [7, 11) is 0. The second kappa shape index (κ2) is 6.31. The summed E-state index contributed by atoms with van der Waals surface area (Å²) in [6.07, 6.45) is 6.79. The Morgan fingerprint density at radius 3 is 3.00 bits per heavy atom. The standard InChI is InChI=1S/C18H23FN6O2/c1-2-10-5-12(27-18(26)24-8-11(19)9-24)6-13(10)17-23-22-15-7-21-16-14(25(15)17)3-4-20-16/h3-4,7,10-14,16,20H,2,5-6,8-9H2,1H3/t10-,12+,13+,14?,16?/m1/s1. The minimum Gasteiger partial charge on any atom is -0.446 e. The van der Waals surface area contributed by atoms with Gasteiger partial charge in [-0.1, -0.05) is 13.3 Å². The minimum atomic E-state index is -0.914. The van der Waals surface area contributed by atoms with E-state index < -0.39 is 12.3 Å². The van der Waals surface area contributed by atoms with Crippen LogP contribution in [-0.2, 0) is 4.74 Å². The lowest BCUT2D eigenvalue weighted by Crippen LogP contribution is -2.52. The molecule has 2 unspecified atom stereocenters. The van der Waals surface area contributed by atoms with Crippen molar-refractivity contribution in [2.24, 2.45) is 10.9 Å². The molecule has 5 rings (SSSR count). The van der Waals surface area contributed by atoms with Gasteiger partial charge in [-0.05, 0) is 31.0 Å². The van der Waals surface area contributed by atoms with E-state index in [0.717, 1.165) is 30.9 Å². The van der Waals surface area contributed by atoms with Crippen molar-refractivity contribution < 1.29 is 13.9 Å². The number of halogens is 1. The summed E-state index contributed by atoms with van der Waals surface area (Å²) in [4.78, 5) is 18.1. The number of aromatic nitrogens is 3. The highest BCUT2D eigenvalue weighted by molar-refractivity contribution is 5.76. The first-order valence-electron chi connectivity index (χ1n) is 9.64. The van der Waals surface area contributed by atoms with Crippen molar-refractivity contribution in [1.29, 1.82) is 0 Å². The van der Waals surface area contributed by atoms with E-state index in [1.165, 1.54) is 4.90 Å². The van der Waals surface area contributed by atoms with Gasteiger partial charge in [-0.25, -0.2) is 9.18 Å². The van der Waals surface area contributed by atoms with Crippen molar-refractivity contribution in [2.45, 2.75) is 56.6 Å². The third-order valence-corrected chi connectivity index (χ3v) is 6.15. The first-order chi connectivity index (χ1) is 13.1. The van der Waals surface area contributed by atoms with Crippen LogP contribution >= 0.6 is 0 Å². The number of amides is 1. The topological polar surface area (TPSA) is 84.6 Å². The lowest BCUT2D eigenvalue weighted by molar-refractivity contribution is 0.0172. The van der Waals surface area contributed by atoms with Crippen molar-refractivity contribution >= 4 is 12.3 Å². The molecule has 0 aromatic carbocycles. The first-order valence-corrected chi connectivity index (χ1v) is 9.64. The summed E-state index contributed by atoms with van der Waals surface area (Å²) >= 11 is 0. The van der Waals surface area contributed by atoms with E-state index >= 15 is 0 Å². The Kier molecular flexibility index (Phi) is 3.91. The number of ether oxygens (including phenoxy) is 1. The van der Waals surface area contributed by atoms with Crippen LogP contribution in [0.5, 0.6) is 0 Å². The van der Waals surface area contributed by atoms with Gasteiger partial charge in [0.15, 0.2) is 5.82 Å². The Bertz CT molecular complexity index is 802. The summed E-state index contributed by atoms with van der Waals surface area (Å²) in [6.45, 7) is 2.44. The monoisotopic (exact) mass is 374 g/mol. The molecule has 1 amide bonds. The summed E-state index contributed by atoms with van der Waals surface area (Å²) in [5.41, 5.74) is 0. The molecule has 4 aliphatic rings. The zero-order valence-corrected chi connectivity index (χ0v) is 15.2. The van der Waals surface area contributed by atoms with Crippen molar-refractivity contribution in [1.82, 2.24) is 25.0 Å². The lowest BCUT2D eigenvalue weighted by atomic mass is 9.92. The molecule has 144 valence electrons. The molecule has 9 heteroatoms. The molecule has 1 aliphatic carbocycles. The smallest absolute Gasteiger partial charge is 0.410 e. The number of rotatable bonds is 3. The third kappa shape index (κ3) is 2.71. The summed E-state index contributed by atoms with van der Waals surface area (Å²) in [5, 5.41) is 12.0. The molecule has 8 nitrogen and oxygen atoms in total. The predicted molar refractivity (Wildman–Crippen MR) is 95.2 cm³/mol. The fourth-order valence-electron chi connectivity index (χ4n) is 4.65. The minimum absolute atomic E-state index is 0.0117. The van der Waals surface area contributed by atoms with E-state index in [1.54, 1.807) is 6.21 Å². The van der Waals surface area contributed by atoms with Gasteiger partial charge >= 0.3 is 6.09 Å². The molecule has 1 saturated carbocycles. The molecule has 5 atom stereocenters. The number of carbonyl (C=O) groups excluding carboxylic acids is 1. The number of nitrogens with one attached hydrogen (secondary N) is 1. The Morgan fingerprint density at radius 1 is 1.37 bits per heavy atom. The van der Waals surface area contributed by atoms with E-state index in [-0.39, 0.29) is 37.3 Å². The average Bonchev–Trinajstić information content (AvgIpc) is 3.34. The number of hydrogen-bond donors (Lipinski definition) is 1. The highest BCUT2D eigenvalue weighted by atomic mass is 19.1.